The van der Waals surface area contributed by atoms with Crippen LogP contribution in [0.2, 0.25) is 0 Å². The third-order valence-electron chi connectivity index (χ3n) is 2.75. The third kappa shape index (κ3) is 3.34. The second-order valence-electron chi connectivity index (χ2n) is 4.21. The molecular formula is C14H16N2O4. The molecule has 0 fully saturated rings. The Morgan fingerprint density at radius 1 is 1.35 bits per heavy atom. The molecule has 20 heavy (non-hydrogen) atoms. The maximum Gasteiger partial charge on any atom is 0.339 e. The number of rotatable bonds is 5. The number of pyridine rings is 1. The van der Waals surface area contributed by atoms with Crippen molar-refractivity contribution in [2.75, 3.05) is 13.7 Å². The summed E-state index contributed by atoms with van der Waals surface area (Å²) in [6, 6.07) is 3.24. The van der Waals surface area contributed by atoms with Crippen LogP contribution in [0.1, 0.15) is 27.7 Å². The molecule has 2 aromatic rings. The molecule has 0 aliphatic heterocycles. The van der Waals surface area contributed by atoms with Gasteiger partial charge in [-0.05, 0) is 13.0 Å². The van der Waals surface area contributed by atoms with Crippen LogP contribution in [-0.4, -0.2) is 29.7 Å². The van der Waals surface area contributed by atoms with Crippen LogP contribution in [0.3, 0.4) is 0 Å². The highest BCUT2D eigenvalue weighted by molar-refractivity contribution is 5.88. The monoisotopic (exact) mass is 276 g/mol. The molecule has 6 nitrogen and oxygen atoms in total. The van der Waals surface area contributed by atoms with Crippen molar-refractivity contribution in [1.82, 2.24) is 9.97 Å². The van der Waals surface area contributed by atoms with Crippen LogP contribution < -0.4 is 4.74 Å². The van der Waals surface area contributed by atoms with Crippen molar-refractivity contribution in [2.24, 2.45) is 0 Å². The van der Waals surface area contributed by atoms with Crippen molar-refractivity contribution in [3.63, 3.8) is 0 Å². The Morgan fingerprint density at radius 3 is 2.70 bits per heavy atom. The minimum atomic E-state index is -0.419. The zero-order valence-electron chi connectivity index (χ0n) is 11.7. The molecule has 0 saturated heterocycles. The Kier molecular flexibility index (Phi) is 4.34. The maximum absolute atomic E-state index is 11.2. The molecule has 0 atom stereocenters. The van der Waals surface area contributed by atoms with Gasteiger partial charge in [0.15, 0.2) is 5.89 Å². The molecule has 6 heteroatoms. The standard InChI is InChI=1S/C14H16N2O4/c1-9-12(16-10(2)20-9)6-7-19-13-5-4-11(8-15-13)14(17)18-3/h4-5,8H,6-7H2,1-3H3. The molecule has 0 N–H and O–H groups in total. The maximum atomic E-state index is 11.2. The predicted octanol–water partition coefficient (Wildman–Crippen LogP) is 2.09. The number of carbonyl (C=O) groups is 1. The first-order valence-electron chi connectivity index (χ1n) is 6.20. The number of hydrogen-bond acceptors (Lipinski definition) is 6. The molecule has 0 radical (unpaired) electrons. The highest BCUT2D eigenvalue weighted by Gasteiger charge is 2.08. The van der Waals surface area contributed by atoms with Crippen molar-refractivity contribution in [3.8, 4) is 5.88 Å². The van der Waals surface area contributed by atoms with Gasteiger partial charge >= 0.3 is 5.97 Å². The summed E-state index contributed by atoms with van der Waals surface area (Å²) in [5, 5.41) is 0. The molecule has 0 bridgehead atoms. The summed E-state index contributed by atoms with van der Waals surface area (Å²) in [5.74, 6) is 1.49. The molecule has 2 heterocycles. The molecule has 0 aromatic carbocycles. The summed E-state index contributed by atoms with van der Waals surface area (Å²) in [6.45, 7) is 4.13. The number of hydrogen-bond donors (Lipinski definition) is 0. The van der Waals surface area contributed by atoms with Gasteiger partial charge in [-0.3, -0.25) is 0 Å². The second kappa shape index (κ2) is 6.18. The first-order chi connectivity index (χ1) is 9.60. The molecule has 2 aromatic heterocycles. The summed E-state index contributed by atoms with van der Waals surface area (Å²) >= 11 is 0. The minimum Gasteiger partial charge on any atom is -0.477 e. The lowest BCUT2D eigenvalue weighted by atomic mass is 10.3. The van der Waals surface area contributed by atoms with Crippen LogP contribution in [0.25, 0.3) is 0 Å². The van der Waals surface area contributed by atoms with E-state index in [4.69, 9.17) is 9.15 Å². The fourth-order valence-corrected chi connectivity index (χ4v) is 1.76. The van der Waals surface area contributed by atoms with Crippen LogP contribution in [0.4, 0.5) is 0 Å². The van der Waals surface area contributed by atoms with E-state index in [9.17, 15) is 4.79 Å². The van der Waals surface area contributed by atoms with Crippen LogP contribution in [0.15, 0.2) is 22.7 Å². The van der Waals surface area contributed by atoms with E-state index in [0.29, 0.717) is 30.4 Å². The SMILES string of the molecule is COC(=O)c1ccc(OCCc2nc(C)oc2C)nc1. The van der Waals surface area contributed by atoms with Gasteiger partial charge in [0.05, 0.1) is 25.0 Å². The Labute approximate surface area is 116 Å². The van der Waals surface area contributed by atoms with Gasteiger partial charge in [0.1, 0.15) is 5.76 Å². The summed E-state index contributed by atoms with van der Waals surface area (Å²) < 4.78 is 15.4. The number of carbonyl (C=O) groups excluding carboxylic acids is 1. The summed E-state index contributed by atoms with van der Waals surface area (Å²) in [6.07, 6.45) is 2.07. The average Bonchev–Trinajstić information content (AvgIpc) is 2.77. The Hall–Kier alpha value is -2.37. The lowest BCUT2D eigenvalue weighted by molar-refractivity contribution is 0.0600. The number of oxazole rings is 1. The Morgan fingerprint density at radius 2 is 2.15 bits per heavy atom. The molecule has 0 aliphatic rings. The van der Waals surface area contributed by atoms with Crippen molar-refractivity contribution in [3.05, 3.63) is 41.2 Å². The highest BCUT2D eigenvalue weighted by Crippen LogP contribution is 2.12. The fourth-order valence-electron chi connectivity index (χ4n) is 1.76. The Bertz CT molecular complexity index is 590. The number of ether oxygens (including phenoxy) is 2. The van der Waals surface area contributed by atoms with Crippen LogP contribution >= 0.6 is 0 Å². The van der Waals surface area contributed by atoms with Gasteiger partial charge in [0, 0.05) is 25.6 Å². The molecule has 0 amide bonds. The van der Waals surface area contributed by atoms with Crippen LogP contribution in [-0.2, 0) is 11.2 Å². The molecule has 106 valence electrons. The van der Waals surface area contributed by atoms with E-state index in [2.05, 4.69) is 14.7 Å². The highest BCUT2D eigenvalue weighted by atomic mass is 16.5. The molecule has 2 rings (SSSR count). The van der Waals surface area contributed by atoms with Gasteiger partial charge in [-0.25, -0.2) is 14.8 Å². The van der Waals surface area contributed by atoms with Gasteiger partial charge < -0.3 is 13.9 Å². The molecule has 0 spiro atoms. The van der Waals surface area contributed by atoms with Gasteiger partial charge in [-0.15, -0.1) is 0 Å². The number of nitrogens with zero attached hydrogens (tertiary/aromatic N) is 2. The Balaban J connectivity index is 1.88. The van der Waals surface area contributed by atoms with E-state index >= 15 is 0 Å². The number of aromatic nitrogens is 2. The molecule has 0 unspecified atom stereocenters. The number of aryl methyl sites for hydroxylation is 2. The van der Waals surface area contributed by atoms with Gasteiger partial charge in [-0.1, -0.05) is 0 Å². The first kappa shape index (κ1) is 14.0. The van der Waals surface area contributed by atoms with Gasteiger partial charge in [0.25, 0.3) is 0 Å². The van der Waals surface area contributed by atoms with E-state index in [1.807, 2.05) is 13.8 Å². The predicted molar refractivity (Wildman–Crippen MR) is 70.8 cm³/mol. The lowest BCUT2D eigenvalue weighted by Crippen LogP contribution is -2.05. The second-order valence-corrected chi connectivity index (χ2v) is 4.21. The zero-order valence-corrected chi connectivity index (χ0v) is 11.7. The van der Waals surface area contributed by atoms with E-state index in [0.717, 1.165) is 11.5 Å². The van der Waals surface area contributed by atoms with Crippen molar-refractivity contribution >= 4 is 5.97 Å². The van der Waals surface area contributed by atoms with E-state index in [1.165, 1.54) is 13.3 Å². The summed E-state index contributed by atoms with van der Waals surface area (Å²) in [4.78, 5) is 19.5. The lowest BCUT2D eigenvalue weighted by Gasteiger charge is -2.04. The summed E-state index contributed by atoms with van der Waals surface area (Å²) in [7, 11) is 1.33. The quantitative estimate of drug-likeness (QED) is 0.778. The first-order valence-corrected chi connectivity index (χ1v) is 6.20. The van der Waals surface area contributed by atoms with Crippen LogP contribution in [0, 0.1) is 13.8 Å². The molecule has 0 saturated carbocycles. The molecular weight excluding hydrogens is 260 g/mol. The number of methoxy groups -OCH3 is 1. The smallest absolute Gasteiger partial charge is 0.339 e. The zero-order chi connectivity index (χ0) is 14.5. The van der Waals surface area contributed by atoms with E-state index < -0.39 is 5.97 Å². The topological polar surface area (TPSA) is 74.5 Å². The largest absolute Gasteiger partial charge is 0.477 e. The van der Waals surface area contributed by atoms with Crippen molar-refractivity contribution in [2.45, 2.75) is 20.3 Å². The van der Waals surface area contributed by atoms with Gasteiger partial charge in [0.2, 0.25) is 5.88 Å². The third-order valence-corrected chi connectivity index (χ3v) is 2.75. The normalized spacial score (nSPS) is 10.3. The van der Waals surface area contributed by atoms with Crippen molar-refractivity contribution < 1.29 is 18.7 Å². The van der Waals surface area contributed by atoms with Gasteiger partial charge in [-0.2, -0.15) is 0 Å². The minimum absolute atomic E-state index is 0.392. The van der Waals surface area contributed by atoms with E-state index in [1.54, 1.807) is 12.1 Å². The fraction of sp³-hybridized carbons (Fsp3) is 0.357. The average molecular weight is 276 g/mol. The summed E-state index contributed by atoms with van der Waals surface area (Å²) in [5.41, 5.74) is 1.27. The number of esters is 1. The van der Waals surface area contributed by atoms with Crippen molar-refractivity contribution in [1.29, 1.82) is 0 Å². The molecule has 0 aliphatic carbocycles. The van der Waals surface area contributed by atoms with Crippen LogP contribution in [0.5, 0.6) is 5.88 Å². The van der Waals surface area contributed by atoms with E-state index in [-0.39, 0.29) is 0 Å².